The summed E-state index contributed by atoms with van der Waals surface area (Å²) in [5.41, 5.74) is 1.85. The molecular formula is C17H23N3O4S. The Bertz CT molecular complexity index is 754. The Kier molecular flexibility index (Phi) is 7.22. The lowest BCUT2D eigenvalue weighted by Crippen LogP contribution is -2.15. The van der Waals surface area contributed by atoms with E-state index < -0.39 is 12.3 Å². The normalized spacial score (nSPS) is 11.0. The van der Waals surface area contributed by atoms with E-state index in [9.17, 15) is 20.1 Å². The van der Waals surface area contributed by atoms with E-state index in [1.165, 1.54) is 6.92 Å². The zero-order valence-corrected chi connectivity index (χ0v) is 14.4. The van der Waals surface area contributed by atoms with E-state index in [2.05, 4.69) is 15.1 Å². The average Bonchev–Trinajstić information content (AvgIpc) is 2.89. The SMILES string of the molecule is C.CCN(C)c1ccc(N=Nc2sc(C(O)O)c(C)c2C(=O)O)cc1. The summed E-state index contributed by atoms with van der Waals surface area (Å²) in [6.07, 6.45) is -1.74. The van der Waals surface area contributed by atoms with Crippen molar-refractivity contribution in [3.8, 4) is 0 Å². The zero-order valence-electron chi connectivity index (χ0n) is 13.6. The van der Waals surface area contributed by atoms with Crippen LogP contribution in [0.25, 0.3) is 0 Å². The minimum absolute atomic E-state index is 0. The number of nitrogens with zero attached hydrogens (tertiary/aromatic N) is 3. The zero-order chi connectivity index (χ0) is 17.9. The summed E-state index contributed by atoms with van der Waals surface area (Å²) < 4.78 is 0. The average molecular weight is 365 g/mol. The van der Waals surface area contributed by atoms with E-state index in [1.54, 1.807) is 12.1 Å². The predicted molar refractivity (Wildman–Crippen MR) is 99.5 cm³/mol. The van der Waals surface area contributed by atoms with Gasteiger partial charge in [-0.1, -0.05) is 7.43 Å². The van der Waals surface area contributed by atoms with Crippen molar-refractivity contribution in [2.24, 2.45) is 10.2 Å². The molecule has 0 unspecified atom stereocenters. The van der Waals surface area contributed by atoms with E-state index in [1.807, 2.05) is 26.1 Å². The Hall–Kier alpha value is -2.29. The molecule has 1 heterocycles. The van der Waals surface area contributed by atoms with Crippen molar-refractivity contribution >= 4 is 33.7 Å². The molecule has 0 amide bonds. The standard InChI is InChI=1S/C16H19N3O4S.CH4/c1-4-19(3)11-7-5-10(6-8-11)17-18-14-12(15(20)21)9(2)13(24-14)16(22)23;/h5-8,16,22-23H,4H2,1-3H3,(H,20,21);1H4. The van der Waals surface area contributed by atoms with Crippen molar-refractivity contribution in [1.82, 2.24) is 0 Å². The molecule has 0 aliphatic carbocycles. The van der Waals surface area contributed by atoms with Gasteiger partial charge in [0.15, 0.2) is 11.3 Å². The summed E-state index contributed by atoms with van der Waals surface area (Å²) in [5.74, 6) is -1.18. The molecule has 0 radical (unpaired) electrons. The van der Waals surface area contributed by atoms with Gasteiger partial charge >= 0.3 is 5.97 Å². The Morgan fingerprint density at radius 2 is 1.84 bits per heavy atom. The van der Waals surface area contributed by atoms with Crippen LogP contribution in [0.15, 0.2) is 34.5 Å². The van der Waals surface area contributed by atoms with Crippen molar-refractivity contribution in [1.29, 1.82) is 0 Å². The minimum atomic E-state index is -1.74. The first-order valence-electron chi connectivity index (χ1n) is 7.30. The van der Waals surface area contributed by atoms with Gasteiger partial charge in [-0.3, -0.25) is 0 Å². The molecule has 25 heavy (non-hydrogen) atoms. The molecular weight excluding hydrogens is 342 g/mol. The van der Waals surface area contributed by atoms with Gasteiger partial charge in [-0.15, -0.1) is 21.6 Å². The van der Waals surface area contributed by atoms with Crippen LogP contribution in [0.5, 0.6) is 0 Å². The maximum atomic E-state index is 11.4. The van der Waals surface area contributed by atoms with Gasteiger partial charge in [-0.05, 0) is 43.7 Å². The lowest BCUT2D eigenvalue weighted by Gasteiger charge is -2.16. The van der Waals surface area contributed by atoms with Gasteiger partial charge in [-0.25, -0.2) is 4.79 Å². The third-order valence-electron chi connectivity index (χ3n) is 3.63. The van der Waals surface area contributed by atoms with E-state index in [0.29, 0.717) is 5.69 Å². The number of aromatic carboxylic acids is 1. The number of hydrogen-bond donors (Lipinski definition) is 3. The third kappa shape index (κ3) is 4.62. The fourth-order valence-corrected chi connectivity index (χ4v) is 3.14. The van der Waals surface area contributed by atoms with E-state index in [4.69, 9.17) is 0 Å². The van der Waals surface area contributed by atoms with Crippen molar-refractivity contribution < 1.29 is 20.1 Å². The number of rotatable bonds is 6. The highest BCUT2D eigenvalue weighted by atomic mass is 32.1. The number of aliphatic hydroxyl groups excluding tert-OH is 1. The van der Waals surface area contributed by atoms with Crippen LogP contribution in [0, 0.1) is 6.92 Å². The van der Waals surface area contributed by atoms with Gasteiger partial charge < -0.3 is 20.2 Å². The van der Waals surface area contributed by atoms with Crippen LogP contribution in [-0.4, -0.2) is 34.9 Å². The fraction of sp³-hybridized carbons (Fsp3) is 0.353. The fourth-order valence-electron chi connectivity index (χ4n) is 2.14. The van der Waals surface area contributed by atoms with Gasteiger partial charge in [0, 0.05) is 19.3 Å². The van der Waals surface area contributed by atoms with Gasteiger partial charge in [-0.2, -0.15) is 0 Å². The topological polar surface area (TPSA) is 106 Å². The van der Waals surface area contributed by atoms with Crippen molar-refractivity contribution in [2.75, 3.05) is 18.5 Å². The number of hydrogen-bond acceptors (Lipinski definition) is 7. The summed E-state index contributed by atoms with van der Waals surface area (Å²) in [7, 11) is 1.98. The predicted octanol–water partition coefficient (Wildman–Crippen LogP) is 4.25. The number of azo groups is 1. The summed E-state index contributed by atoms with van der Waals surface area (Å²) in [6.45, 7) is 4.44. The number of carboxylic acid groups (broad SMARTS) is 1. The van der Waals surface area contributed by atoms with Crippen LogP contribution in [0.3, 0.4) is 0 Å². The number of carboxylic acids is 1. The van der Waals surface area contributed by atoms with Gasteiger partial charge in [0.05, 0.1) is 10.6 Å². The Balaban J connectivity index is 0.00000312. The number of benzene rings is 1. The Labute approximate surface area is 150 Å². The van der Waals surface area contributed by atoms with Crippen molar-refractivity contribution in [3.05, 3.63) is 40.3 Å². The molecule has 0 saturated carbocycles. The van der Waals surface area contributed by atoms with Crippen LogP contribution in [0.4, 0.5) is 16.4 Å². The molecule has 136 valence electrons. The van der Waals surface area contributed by atoms with Gasteiger partial charge in [0.25, 0.3) is 0 Å². The number of anilines is 1. The molecule has 8 heteroatoms. The third-order valence-corrected chi connectivity index (χ3v) is 4.85. The number of thiophene rings is 1. The Morgan fingerprint density at radius 3 is 2.32 bits per heavy atom. The number of aliphatic hydroxyl groups is 2. The quantitative estimate of drug-likeness (QED) is 0.524. The maximum absolute atomic E-state index is 11.4. The molecule has 1 aromatic carbocycles. The summed E-state index contributed by atoms with van der Waals surface area (Å²) in [6, 6.07) is 7.37. The molecule has 0 fully saturated rings. The molecule has 2 aromatic rings. The molecule has 0 saturated heterocycles. The molecule has 0 aliphatic rings. The largest absolute Gasteiger partial charge is 0.478 e. The lowest BCUT2D eigenvalue weighted by molar-refractivity contribution is -0.0399. The smallest absolute Gasteiger partial charge is 0.339 e. The van der Waals surface area contributed by atoms with Crippen molar-refractivity contribution in [3.63, 3.8) is 0 Å². The molecule has 7 nitrogen and oxygen atoms in total. The second-order valence-electron chi connectivity index (χ2n) is 5.18. The number of carbonyl (C=O) groups is 1. The minimum Gasteiger partial charge on any atom is -0.478 e. The van der Waals surface area contributed by atoms with Crippen LogP contribution >= 0.6 is 11.3 Å². The highest BCUT2D eigenvalue weighted by Gasteiger charge is 2.23. The van der Waals surface area contributed by atoms with Gasteiger partial charge in [0.1, 0.15) is 5.56 Å². The van der Waals surface area contributed by atoms with E-state index >= 15 is 0 Å². The first kappa shape index (κ1) is 20.8. The molecule has 2 rings (SSSR count). The maximum Gasteiger partial charge on any atom is 0.339 e. The van der Waals surface area contributed by atoms with Crippen molar-refractivity contribution in [2.45, 2.75) is 27.6 Å². The lowest BCUT2D eigenvalue weighted by atomic mass is 10.1. The monoisotopic (exact) mass is 365 g/mol. The molecule has 0 aliphatic heterocycles. The second-order valence-corrected chi connectivity index (χ2v) is 6.21. The Morgan fingerprint density at radius 1 is 1.24 bits per heavy atom. The molecule has 0 atom stereocenters. The van der Waals surface area contributed by atoms with E-state index in [-0.39, 0.29) is 28.4 Å². The molecule has 1 aromatic heterocycles. The second kappa shape index (κ2) is 8.70. The first-order valence-corrected chi connectivity index (χ1v) is 8.12. The summed E-state index contributed by atoms with van der Waals surface area (Å²) in [5, 5.41) is 36.1. The molecule has 0 spiro atoms. The van der Waals surface area contributed by atoms with Crippen LogP contribution in [0.1, 0.15) is 41.4 Å². The van der Waals surface area contributed by atoms with Gasteiger partial charge in [0.2, 0.25) is 0 Å². The van der Waals surface area contributed by atoms with Crippen LogP contribution < -0.4 is 4.90 Å². The van der Waals surface area contributed by atoms with Crippen LogP contribution in [0.2, 0.25) is 0 Å². The highest BCUT2D eigenvalue weighted by molar-refractivity contribution is 7.16. The highest BCUT2D eigenvalue weighted by Crippen LogP contribution is 2.38. The van der Waals surface area contributed by atoms with Crippen LogP contribution in [-0.2, 0) is 0 Å². The summed E-state index contributed by atoms with van der Waals surface area (Å²) in [4.78, 5) is 13.6. The summed E-state index contributed by atoms with van der Waals surface area (Å²) >= 11 is 0.904. The molecule has 0 bridgehead atoms. The molecule has 3 N–H and O–H groups in total. The first-order chi connectivity index (χ1) is 11.3. The van der Waals surface area contributed by atoms with E-state index in [0.717, 1.165) is 23.6 Å².